The van der Waals surface area contributed by atoms with Gasteiger partial charge in [0.2, 0.25) is 0 Å². The second-order valence-corrected chi connectivity index (χ2v) is 8.25. The van der Waals surface area contributed by atoms with Crippen molar-refractivity contribution in [3.63, 3.8) is 0 Å². The molecule has 8 heteroatoms. The van der Waals surface area contributed by atoms with Crippen LogP contribution in [0.2, 0.25) is 0 Å². The number of carbonyl (C=O) groups is 3. The topological polar surface area (TPSA) is 94.2 Å². The lowest BCUT2D eigenvalue weighted by atomic mass is 9.90. The van der Waals surface area contributed by atoms with Gasteiger partial charge in [0.15, 0.2) is 18.1 Å². The molecule has 1 aliphatic carbocycles. The summed E-state index contributed by atoms with van der Waals surface area (Å²) in [6.07, 6.45) is 2.91. The van der Waals surface area contributed by atoms with Gasteiger partial charge in [0.25, 0.3) is 11.8 Å². The molecule has 2 aromatic rings. The van der Waals surface area contributed by atoms with Crippen molar-refractivity contribution in [1.29, 1.82) is 0 Å². The molecule has 32 heavy (non-hydrogen) atoms. The van der Waals surface area contributed by atoms with Crippen molar-refractivity contribution in [3.05, 3.63) is 48.0 Å². The number of anilines is 2. The van der Waals surface area contributed by atoms with Crippen LogP contribution in [0.5, 0.6) is 11.5 Å². The van der Waals surface area contributed by atoms with Crippen molar-refractivity contribution in [2.24, 2.45) is 0 Å². The van der Waals surface area contributed by atoms with Gasteiger partial charge in [-0.15, -0.1) is 0 Å². The van der Waals surface area contributed by atoms with E-state index in [2.05, 4.69) is 5.32 Å². The van der Waals surface area contributed by atoms with Crippen LogP contribution < -0.4 is 19.7 Å². The van der Waals surface area contributed by atoms with Gasteiger partial charge >= 0.3 is 5.97 Å². The fourth-order valence-electron chi connectivity index (χ4n) is 4.75. The standard InChI is InChI=1S/C24H24N2O6/c27-21(15-32-22(28)14-16-7-8-19-20(13-16)31-12-11-30-19)26-18-6-2-1-5-17(18)25-23(29)24(26)9-3-4-10-24/h1-2,5-8,13H,3-4,9-12,14-15H2,(H,25,29). The van der Waals surface area contributed by atoms with E-state index < -0.39 is 24.0 Å². The quantitative estimate of drug-likeness (QED) is 0.741. The molecule has 8 nitrogen and oxygen atoms in total. The largest absolute Gasteiger partial charge is 0.486 e. The van der Waals surface area contributed by atoms with Gasteiger partial charge in [-0.3, -0.25) is 19.3 Å². The Morgan fingerprint density at radius 1 is 1.03 bits per heavy atom. The zero-order valence-corrected chi connectivity index (χ0v) is 17.6. The molecule has 0 radical (unpaired) electrons. The molecule has 166 valence electrons. The zero-order chi connectivity index (χ0) is 22.1. The van der Waals surface area contributed by atoms with Crippen molar-refractivity contribution in [2.45, 2.75) is 37.6 Å². The summed E-state index contributed by atoms with van der Waals surface area (Å²) in [5.41, 5.74) is 1.02. The van der Waals surface area contributed by atoms with E-state index in [0.29, 0.717) is 54.5 Å². The average Bonchev–Trinajstić information content (AvgIpc) is 3.29. The first-order chi connectivity index (χ1) is 15.6. The predicted molar refractivity (Wildman–Crippen MR) is 116 cm³/mol. The molecule has 5 rings (SSSR count). The van der Waals surface area contributed by atoms with Crippen molar-refractivity contribution in [3.8, 4) is 11.5 Å². The van der Waals surface area contributed by atoms with Crippen molar-refractivity contribution >= 4 is 29.2 Å². The number of fused-ring (bicyclic) bond motifs is 2. The Balaban J connectivity index is 1.29. The number of hydrogen-bond donors (Lipinski definition) is 1. The number of ether oxygens (including phenoxy) is 3. The van der Waals surface area contributed by atoms with Crippen molar-refractivity contribution < 1.29 is 28.6 Å². The summed E-state index contributed by atoms with van der Waals surface area (Å²) in [6, 6.07) is 12.5. The summed E-state index contributed by atoms with van der Waals surface area (Å²) < 4.78 is 16.4. The second kappa shape index (κ2) is 8.18. The van der Waals surface area contributed by atoms with E-state index in [-0.39, 0.29) is 12.3 Å². The number of rotatable bonds is 4. The Hall–Kier alpha value is -3.55. The monoisotopic (exact) mass is 436 g/mol. The van der Waals surface area contributed by atoms with Crippen molar-refractivity contribution in [1.82, 2.24) is 0 Å². The number of hydrogen-bond acceptors (Lipinski definition) is 6. The number of para-hydroxylation sites is 2. The molecule has 3 aliphatic rings. The molecule has 2 aliphatic heterocycles. The second-order valence-electron chi connectivity index (χ2n) is 8.25. The minimum absolute atomic E-state index is 0.00609. The highest BCUT2D eigenvalue weighted by Crippen LogP contribution is 2.45. The smallest absolute Gasteiger partial charge is 0.310 e. The Labute approximate surface area is 185 Å². The zero-order valence-electron chi connectivity index (χ0n) is 17.6. The van der Waals surface area contributed by atoms with Crippen LogP contribution in [0.3, 0.4) is 0 Å². The van der Waals surface area contributed by atoms with Gasteiger partial charge < -0.3 is 19.5 Å². The number of amides is 2. The number of benzene rings is 2. The first-order valence-electron chi connectivity index (χ1n) is 10.8. The molecular weight excluding hydrogens is 412 g/mol. The fourth-order valence-corrected chi connectivity index (χ4v) is 4.75. The van der Waals surface area contributed by atoms with Crippen LogP contribution in [0.25, 0.3) is 0 Å². The van der Waals surface area contributed by atoms with E-state index in [1.54, 1.807) is 29.2 Å². The summed E-state index contributed by atoms with van der Waals surface area (Å²) in [7, 11) is 0. The van der Waals surface area contributed by atoms with Crippen molar-refractivity contribution in [2.75, 3.05) is 30.0 Å². The van der Waals surface area contributed by atoms with Crippen LogP contribution >= 0.6 is 0 Å². The first kappa shape index (κ1) is 20.4. The highest BCUT2D eigenvalue weighted by atomic mass is 16.6. The summed E-state index contributed by atoms with van der Waals surface area (Å²) in [5, 5.41) is 2.94. The maximum atomic E-state index is 13.2. The third kappa shape index (κ3) is 3.55. The molecule has 0 bridgehead atoms. The van der Waals surface area contributed by atoms with Gasteiger partial charge in [0.05, 0.1) is 17.8 Å². The fraction of sp³-hybridized carbons (Fsp3) is 0.375. The molecule has 2 aromatic carbocycles. The van der Waals surface area contributed by atoms with Gasteiger partial charge in [-0.1, -0.05) is 31.0 Å². The van der Waals surface area contributed by atoms with Crippen LogP contribution in [0.1, 0.15) is 31.2 Å². The molecule has 1 saturated carbocycles. The highest BCUT2D eigenvalue weighted by Gasteiger charge is 2.52. The maximum absolute atomic E-state index is 13.2. The minimum Gasteiger partial charge on any atom is -0.486 e. The lowest BCUT2D eigenvalue weighted by Gasteiger charge is -2.44. The number of nitrogens with one attached hydrogen (secondary N) is 1. The maximum Gasteiger partial charge on any atom is 0.310 e. The Morgan fingerprint density at radius 3 is 2.59 bits per heavy atom. The number of carbonyl (C=O) groups excluding carboxylic acids is 3. The summed E-state index contributed by atoms with van der Waals surface area (Å²) >= 11 is 0. The van der Waals surface area contributed by atoms with E-state index in [1.165, 1.54) is 0 Å². The number of nitrogens with zero attached hydrogens (tertiary/aromatic N) is 1. The molecule has 0 unspecified atom stereocenters. The third-order valence-electron chi connectivity index (χ3n) is 6.24. The van der Waals surface area contributed by atoms with Gasteiger partial charge in [0.1, 0.15) is 18.8 Å². The Bertz CT molecular complexity index is 1080. The molecule has 1 spiro atoms. The Kier molecular flexibility index (Phi) is 5.20. The van der Waals surface area contributed by atoms with Gasteiger partial charge in [0, 0.05) is 0 Å². The lowest BCUT2D eigenvalue weighted by molar-refractivity contribution is -0.147. The highest BCUT2D eigenvalue weighted by molar-refractivity contribution is 6.15. The van der Waals surface area contributed by atoms with E-state index in [0.717, 1.165) is 12.8 Å². The Morgan fingerprint density at radius 2 is 1.78 bits per heavy atom. The van der Waals surface area contributed by atoms with Crippen LogP contribution in [0.15, 0.2) is 42.5 Å². The van der Waals surface area contributed by atoms with Gasteiger partial charge in [-0.2, -0.15) is 0 Å². The molecule has 2 heterocycles. The molecule has 1 fully saturated rings. The van der Waals surface area contributed by atoms with E-state index in [1.807, 2.05) is 18.2 Å². The van der Waals surface area contributed by atoms with Crippen LogP contribution in [0, 0.1) is 0 Å². The molecule has 1 N–H and O–H groups in total. The third-order valence-corrected chi connectivity index (χ3v) is 6.24. The van der Waals surface area contributed by atoms with E-state index >= 15 is 0 Å². The molecule has 0 atom stereocenters. The minimum atomic E-state index is -0.923. The molecule has 2 amide bonds. The van der Waals surface area contributed by atoms with E-state index in [4.69, 9.17) is 14.2 Å². The summed E-state index contributed by atoms with van der Waals surface area (Å²) in [5.74, 6) is 0.142. The number of esters is 1. The van der Waals surface area contributed by atoms with Crippen LogP contribution in [0.4, 0.5) is 11.4 Å². The molecule has 0 aromatic heterocycles. The SMILES string of the molecule is O=C(Cc1ccc2c(c1)OCCO2)OCC(=O)N1c2ccccc2NC(=O)C12CCCC2. The summed E-state index contributed by atoms with van der Waals surface area (Å²) in [6.45, 7) is 0.532. The molecular formula is C24H24N2O6. The van der Waals surface area contributed by atoms with Crippen LogP contribution in [-0.4, -0.2) is 43.1 Å². The van der Waals surface area contributed by atoms with Gasteiger partial charge in [-0.25, -0.2) is 0 Å². The first-order valence-corrected chi connectivity index (χ1v) is 10.8. The average molecular weight is 436 g/mol. The predicted octanol–water partition coefficient (Wildman–Crippen LogP) is 2.84. The molecule has 0 saturated heterocycles. The van der Waals surface area contributed by atoms with Crippen LogP contribution in [-0.2, 0) is 25.5 Å². The van der Waals surface area contributed by atoms with E-state index in [9.17, 15) is 14.4 Å². The summed E-state index contributed by atoms with van der Waals surface area (Å²) in [4.78, 5) is 40.2. The van der Waals surface area contributed by atoms with Gasteiger partial charge in [-0.05, 0) is 42.7 Å². The normalized spacial score (nSPS) is 18.1. The lowest BCUT2D eigenvalue weighted by Crippen LogP contribution is -2.61.